The Morgan fingerprint density at radius 2 is 1.52 bits per heavy atom. The van der Waals surface area contributed by atoms with E-state index < -0.39 is 17.7 Å². The highest BCUT2D eigenvalue weighted by molar-refractivity contribution is 6.06. The number of halogens is 2. The number of hydrogen-bond acceptors (Lipinski definition) is 3. The minimum Gasteiger partial charge on any atom is -0.456 e. The van der Waals surface area contributed by atoms with Gasteiger partial charge in [-0.3, -0.25) is 9.69 Å². The fourth-order valence-corrected chi connectivity index (χ4v) is 3.32. The van der Waals surface area contributed by atoms with E-state index in [1.165, 1.54) is 41.3 Å². The van der Waals surface area contributed by atoms with E-state index in [-0.39, 0.29) is 24.8 Å². The van der Waals surface area contributed by atoms with Crippen molar-refractivity contribution in [2.24, 2.45) is 0 Å². The van der Waals surface area contributed by atoms with Crippen LogP contribution >= 0.6 is 0 Å². The van der Waals surface area contributed by atoms with Crippen molar-refractivity contribution < 1.29 is 23.1 Å². The molecule has 25 heavy (non-hydrogen) atoms. The molecule has 0 aliphatic carbocycles. The van der Waals surface area contributed by atoms with Crippen molar-refractivity contribution in [2.75, 3.05) is 11.5 Å². The number of rotatable bonds is 2. The van der Waals surface area contributed by atoms with Crippen LogP contribution < -0.4 is 4.90 Å². The molecule has 0 saturated carbocycles. The SMILES string of the molecule is O=C1OCC2=C1[C@H](c1ccc(F)cc1)CC(=O)N2c1ccc(F)cc1. The van der Waals surface area contributed by atoms with Gasteiger partial charge in [-0.2, -0.15) is 0 Å². The minimum absolute atomic E-state index is 0.0189. The summed E-state index contributed by atoms with van der Waals surface area (Å²) in [7, 11) is 0. The van der Waals surface area contributed by atoms with Gasteiger partial charge in [0, 0.05) is 18.0 Å². The number of carbonyl (C=O) groups is 2. The summed E-state index contributed by atoms with van der Waals surface area (Å²) in [5.41, 5.74) is 2.02. The van der Waals surface area contributed by atoms with Crippen molar-refractivity contribution in [1.29, 1.82) is 0 Å². The van der Waals surface area contributed by atoms with E-state index in [1.54, 1.807) is 12.1 Å². The second-order valence-electron chi connectivity index (χ2n) is 5.95. The van der Waals surface area contributed by atoms with Crippen molar-refractivity contribution >= 4 is 17.6 Å². The Kier molecular flexibility index (Phi) is 3.60. The second kappa shape index (κ2) is 5.81. The predicted molar refractivity (Wildman–Crippen MR) is 85.6 cm³/mol. The molecular formula is C19H13F2NO3. The molecule has 2 aliphatic heterocycles. The summed E-state index contributed by atoms with van der Waals surface area (Å²) in [6, 6.07) is 11.2. The van der Waals surface area contributed by atoms with Gasteiger partial charge in [0.1, 0.15) is 18.2 Å². The topological polar surface area (TPSA) is 46.6 Å². The number of esters is 1. The molecular weight excluding hydrogens is 328 g/mol. The lowest BCUT2D eigenvalue weighted by Crippen LogP contribution is -2.37. The number of cyclic esters (lactones) is 1. The summed E-state index contributed by atoms with van der Waals surface area (Å²) in [5, 5.41) is 0. The minimum atomic E-state index is -0.482. The van der Waals surface area contributed by atoms with E-state index in [9.17, 15) is 18.4 Å². The number of ether oxygens (including phenoxy) is 1. The first-order valence-electron chi connectivity index (χ1n) is 7.79. The van der Waals surface area contributed by atoms with Gasteiger partial charge in [0.25, 0.3) is 0 Å². The van der Waals surface area contributed by atoms with Gasteiger partial charge in [-0.15, -0.1) is 0 Å². The van der Waals surface area contributed by atoms with Crippen LogP contribution in [0.25, 0.3) is 0 Å². The van der Waals surface area contributed by atoms with Crippen LogP contribution in [0.2, 0.25) is 0 Å². The maximum Gasteiger partial charge on any atom is 0.336 e. The third-order valence-corrected chi connectivity index (χ3v) is 4.47. The monoisotopic (exact) mass is 341 g/mol. The zero-order valence-electron chi connectivity index (χ0n) is 13.0. The molecule has 126 valence electrons. The van der Waals surface area contributed by atoms with Crippen LogP contribution in [0.4, 0.5) is 14.5 Å². The van der Waals surface area contributed by atoms with E-state index in [2.05, 4.69) is 0 Å². The molecule has 2 aromatic carbocycles. The number of nitrogens with zero attached hydrogens (tertiary/aromatic N) is 1. The summed E-state index contributed by atoms with van der Waals surface area (Å²) in [6.07, 6.45) is 0.0525. The lowest BCUT2D eigenvalue weighted by atomic mass is 9.84. The first kappa shape index (κ1) is 15.5. The molecule has 0 fully saturated rings. The lowest BCUT2D eigenvalue weighted by Gasteiger charge is -2.31. The van der Waals surface area contributed by atoms with Gasteiger partial charge in [-0.25, -0.2) is 13.6 Å². The Labute approximate surface area is 142 Å². The molecule has 0 saturated heterocycles. The summed E-state index contributed by atoms with van der Waals surface area (Å²) >= 11 is 0. The summed E-state index contributed by atoms with van der Waals surface area (Å²) in [5.74, 6) is -1.98. The van der Waals surface area contributed by atoms with Crippen LogP contribution in [-0.4, -0.2) is 18.5 Å². The Morgan fingerprint density at radius 1 is 0.920 bits per heavy atom. The quantitative estimate of drug-likeness (QED) is 0.788. The molecule has 2 aromatic rings. The van der Waals surface area contributed by atoms with Crippen LogP contribution in [0.3, 0.4) is 0 Å². The Hall–Kier alpha value is -3.02. The van der Waals surface area contributed by atoms with E-state index in [0.29, 0.717) is 22.5 Å². The van der Waals surface area contributed by atoms with Crippen molar-refractivity contribution in [3.63, 3.8) is 0 Å². The molecule has 1 amide bonds. The van der Waals surface area contributed by atoms with Crippen LogP contribution in [0, 0.1) is 11.6 Å². The third kappa shape index (κ3) is 2.59. The maximum atomic E-state index is 13.2. The Morgan fingerprint density at radius 3 is 2.16 bits per heavy atom. The molecule has 6 heteroatoms. The molecule has 2 heterocycles. The molecule has 4 nitrogen and oxygen atoms in total. The number of hydrogen-bond donors (Lipinski definition) is 0. The summed E-state index contributed by atoms with van der Waals surface area (Å²) in [6.45, 7) is -0.0189. The molecule has 0 unspecified atom stereocenters. The van der Waals surface area contributed by atoms with Crippen molar-refractivity contribution in [1.82, 2.24) is 0 Å². The fourth-order valence-electron chi connectivity index (χ4n) is 3.32. The van der Waals surface area contributed by atoms with Crippen molar-refractivity contribution in [3.05, 3.63) is 77.0 Å². The zero-order chi connectivity index (χ0) is 17.6. The van der Waals surface area contributed by atoms with Crippen LogP contribution in [0.1, 0.15) is 17.9 Å². The fraction of sp³-hybridized carbons (Fsp3) is 0.158. The van der Waals surface area contributed by atoms with E-state index in [4.69, 9.17) is 4.74 Å². The van der Waals surface area contributed by atoms with Gasteiger partial charge < -0.3 is 4.74 Å². The van der Waals surface area contributed by atoms with Gasteiger partial charge in [0.2, 0.25) is 5.91 Å². The predicted octanol–water partition coefficient (Wildman–Crippen LogP) is 3.30. The molecule has 0 spiro atoms. The standard InChI is InChI=1S/C19H13F2NO3/c20-12-3-1-11(2-4-12)15-9-17(23)22(14-7-5-13(21)6-8-14)16-10-25-19(24)18(15)16/h1-8,15H,9-10H2/t15-/m0/s1. The molecule has 0 N–H and O–H groups in total. The highest BCUT2D eigenvalue weighted by Gasteiger charge is 2.42. The molecule has 0 radical (unpaired) electrons. The van der Waals surface area contributed by atoms with Gasteiger partial charge in [0.15, 0.2) is 0 Å². The molecule has 1 atom stereocenters. The first-order chi connectivity index (χ1) is 12.0. The van der Waals surface area contributed by atoms with Crippen LogP contribution in [0.15, 0.2) is 59.8 Å². The van der Waals surface area contributed by atoms with Crippen molar-refractivity contribution in [2.45, 2.75) is 12.3 Å². The average Bonchev–Trinajstić information content (AvgIpc) is 2.98. The number of benzene rings is 2. The molecule has 2 aliphatic rings. The molecule has 4 rings (SSSR count). The maximum absolute atomic E-state index is 13.2. The Balaban J connectivity index is 1.81. The molecule has 0 aromatic heterocycles. The van der Waals surface area contributed by atoms with Gasteiger partial charge in [-0.1, -0.05) is 12.1 Å². The third-order valence-electron chi connectivity index (χ3n) is 4.47. The average molecular weight is 341 g/mol. The lowest BCUT2D eigenvalue weighted by molar-refractivity contribution is -0.136. The van der Waals surface area contributed by atoms with Gasteiger partial charge in [-0.05, 0) is 42.0 Å². The van der Waals surface area contributed by atoms with E-state index in [0.717, 1.165) is 0 Å². The molecule has 0 bridgehead atoms. The number of anilines is 1. The first-order valence-corrected chi connectivity index (χ1v) is 7.79. The van der Waals surface area contributed by atoms with Crippen LogP contribution in [-0.2, 0) is 14.3 Å². The second-order valence-corrected chi connectivity index (χ2v) is 5.95. The van der Waals surface area contributed by atoms with E-state index in [1.807, 2.05) is 0 Å². The summed E-state index contributed by atoms with van der Waals surface area (Å²) in [4.78, 5) is 26.4. The van der Waals surface area contributed by atoms with Gasteiger partial charge >= 0.3 is 5.97 Å². The van der Waals surface area contributed by atoms with Gasteiger partial charge in [0.05, 0.1) is 11.3 Å². The highest BCUT2D eigenvalue weighted by atomic mass is 19.1. The number of carbonyl (C=O) groups excluding carboxylic acids is 2. The largest absolute Gasteiger partial charge is 0.456 e. The number of amides is 1. The van der Waals surface area contributed by atoms with E-state index >= 15 is 0 Å². The van der Waals surface area contributed by atoms with Crippen molar-refractivity contribution in [3.8, 4) is 0 Å². The smallest absolute Gasteiger partial charge is 0.336 e. The zero-order valence-corrected chi connectivity index (χ0v) is 13.0. The normalized spacial score (nSPS) is 19.9. The summed E-state index contributed by atoms with van der Waals surface area (Å²) < 4.78 is 31.5. The highest BCUT2D eigenvalue weighted by Crippen LogP contribution is 2.41. The van der Waals surface area contributed by atoms with Crippen LogP contribution in [0.5, 0.6) is 0 Å². The Bertz CT molecular complexity index is 888.